The van der Waals surface area contributed by atoms with E-state index < -0.39 is 5.41 Å². The van der Waals surface area contributed by atoms with Crippen molar-refractivity contribution >= 4 is 28.9 Å². The Kier molecular flexibility index (Phi) is 4.92. The second-order valence-electron chi connectivity index (χ2n) is 7.36. The number of nitrogens with one attached hydrogen (secondary N) is 2. The monoisotopic (exact) mass is 352 g/mol. The molecule has 132 valence electrons. The largest absolute Gasteiger partial charge is 0.505 e. The van der Waals surface area contributed by atoms with Gasteiger partial charge in [0.05, 0.1) is 22.5 Å². The number of hydrogen-bond acceptors (Lipinski definition) is 4. The van der Waals surface area contributed by atoms with Gasteiger partial charge in [0.25, 0.3) is 0 Å². The summed E-state index contributed by atoms with van der Waals surface area (Å²) in [5.74, 6) is 0.0433. The second-order valence-corrected chi connectivity index (χ2v) is 7.77. The number of anilines is 2. The number of ether oxygens (including phenoxy) is 1. The number of aromatic hydroxyl groups is 1. The van der Waals surface area contributed by atoms with Crippen LogP contribution >= 0.6 is 11.6 Å². The van der Waals surface area contributed by atoms with E-state index in [1.165, 1.54) is 19.3 Å². The summed E-state index contributed by atoms with van der Waals surface area (Å²) in [4.78, 5) is 11.8. The van der Waals surface area contributed by atoms with Crippen molar-refractivity contribution in [2.45, 2.75) is 63.9 Å². The Morgan fingerprint density at radius 3 is 2.79 bits per heavy atom. The summed E-state index contributed by atoms with van der Waals surface area (Å²) in [7, 11) is 0. The van der Waals surface area contributed by atoms with E-state index in [1.807, 2.05) is 13.8 Å². The molecule has 1 heterocycles. The van der Waals surface area contributed by atoms with Crippen LogP contribution in [0.25, 0.3) is 0 Å². The van der Waals surface area contributed by atoms with Gasteiger partial charge in [-0.1, -0.05) is 44.7 Å². The zero-order valence-electron chi connectivity index (χ0n) is 14.2. The molecule has 0 bridgehead atoms. The first kappa shape index (κ1) is 17.4. The topological polar surface area (TPSA) is 70.6 Å². The first-order valence-electron chi connectivity index (χ1n) is 8.60. The van der Waals surface area contributed by atoms with E-state index in [9.17, 15) is 9.90 Å². The van der Waals surface area contributed by atoms with Gasteiger partial charge < -0.3 is 20.5 Å². The number of phenols is 1. The molecule has 1 fully saturated rings. The quantitative estimate of drug-likeness (QED) is 0.555. The SMILES string of the molecule is CC1(C)CC(=O)Nc2c(Cl)cc(NCOC3CCCCC3)c(O)c21. The van der Waals surface area contributed by atoms with Crippen molar-refractivity contribution in [3.05, 3.63) is 16.7 Å². The van der Waals surface area contributed by atoms with Gasteiger partial charge in [0.15, 0.2) is 0 Å². The zero-order chi connectivity index (χ0) is 17.3. The molecule has 1 aliphatic heterocycles. The number of carbonyl (C=O) groups excluding carboxylic acids is 1. The Labute approximate surface area is 147 Å². The highest BCUT2D eigenvalue weighted by Gasteiger charge is 2.37. The van der Waals surface area contributed by atoms with Crippen LogP contribution in [0.1, 0.15) is 57.9 Å². The fourth-order valence-electron chi connectivity index (χ4n) is 3.70. The second kappa shape index (κ2) is 6.81. The van der Waals surface area contributed by atoms with Gasteiger partial charge in [0.1, 0.15) is 12.5 Å². The molecule has 0 unspecified atom stereocenters. The van der Waals surface area contributed by atoms with Gasteiger partial charge in [-0.3, -0.25) is 4.79 Å². The summed E-state index contributed by atoms with van der Waals surface area (Å²) < 4.78 is 5.86. The minimum absolute atomic E-state index is 0.0878. The first-order chi connectivity index (χ1) is 11.4. The van der Waals surface area contributed by atoms with Crippen LogP contribution in [-0.4, -0.2) is 23.8 Å². The van der Waals surface area contributed by atoms with Crippen LogP contribution in [0.5, 0.6) is 5.75 Å². The third kappa shape index (κ3) is 3.47. The Morgan fingerprint density at radius 1 is 1.38 bits per heavy atom. The Morgan fingerprint density at radius 2 is 2.08 bits per heavy atom. The van der Waals surface area contributed by atoms with Crippen LogP contribution in [0.15, 0.2) is 6.07 Å². The van der Waals surface area contributed by atoms with Gasteiger partial charge in [0.2, 0.25) is 5.91 Å². The molecule has 1 aromatic rings. The summed E-state index contributed by atoms with van der Waals surface area (Å²) in [5.41, 5.74) is 1.25. The number of hydrogen-bond donors (Lipinski definition) is 3. The van der Waals surface area contributed by atoms with Crippen molar-refractivity contribution in [3.63, 3.8) is 0 Å². The number of carbonyl (C=O) groups is 1. The van der Waals surface area contributed by atoms with Gasteiger partial charge in [-0.05, 0) is 18.9 Å². The number of fused-ring (bicyclic) bond motifs is 1. The molecule has 1 saturated carbocycles. The molecule has 0 atom stereocenters. The van der Waals surface area contributed by atoms with E-state index in [0.717, 1.165) is 12.8 Å². The zero-order valence-corrected chi connectivity index (χ0v) is 15.0. The van der Waals surface area contributed by atoms with Crippen molar-refractivity contribution < 1.29 is 14.6 Å². The standard InChI is InChI=1S/C18H25ClN2O3/c1-18(2)9-14(22)21-16-12(19)8-13(17(23)15(16)18)20-10-24-11-6-4-3-5-7-11/h8,11,20,23H,3-7,9-10H2,1-2H3,(H,21,22). The highest BCUT2D eigenvalue weighted by molar-refractivity contribution is 6.34. The summed E-state index contributed by atoms with van der Waals surface area (Å²) in [6.07, 6.45) is 6.51. The predicted molar refractivity (Wildman–Crippen MR) is 95.8 cm³/mol. The average Bonchev–Trinajstić information content (AvgIpc) is 2.51. The lowest BCUT2D eigenvalue weighted by molar-refractivity contribution is -0.117. The summed E-state index contributed by atoms with van der Waals surface area (Å²) in [5, 5.41) is 17.0. The fourth-order valence-corrected chi connectivity index (χ4v) is 3.95. The molecule has 0 spiro atoms. The smallest absolute Gasteiger partial charge is 0.225 e. The van der Waals surface area contributed by atoms with Gasteiger partial charge in [-0.15, -0.1) is 0 Å². The first-order valence-corrected chi connectivity index (χ1v) is 8.97. The molecule has 1 amide bonds. The molecule has 3 rings (SSSR count). The van der Waals surface area contributed by atoms with Gasteiger partial charge in [-0.2, -0.15) is 0 Å². The number of rotatable bonds is 4. The Hall–Kier alpha value is -1.46. The maximum Gasteiger partial charge on any atom is 0.225 e. The maximum absolute atomic E-state index is 11.8. The molecule has 2 aliphatic rings. The fraction of sp³-hybridized carbons (Fsp3) is 0.611. The van der Waals surface area contributed by atoms with Crippen LogP contribution in [0.4, 0.5) is 11.4 Å². The number of halogens is 1. The molecule has 1 aromatic carbocycles. The predicted octanol–water partition coefficient (Wildman–Crippen LogP) is 4.38. The minimum Gasteiger partial charge on any atom is -0.505 e. The molecule has 0 aromatic heterocycles. The van der Waals surface area contributed by atoms with E-state index >= 15 is 0 Å². The van der Waals surface area contributed by atoms with E-state index in [1.54, 1.807) is 6.07 Å². The van der Waals surface area contributed by atoms with Crippen molar-refractivity contribution in [3.8, 4) is 5.75 Å². The van der Waals surface area contributed by atoms with Crippen molar-refractivity contribution in [1.82, 2.24) is 0 Å². The Balaban J connectivity index is 1.77. The lowest BCUT2D eigenvalue weighted by Gasteiger charge is -2.34. The normalized spacial score (nSPS) is 20.4. The highest BCUT2D eigenvalue weighted by atomic mass is 35.5. The molecular formula is C18H25ClN2O3. The van der Waals surface area contributed by atoms with E-state index in [2.05, 4.69) is 10.6 Å². The van der Waals surface area contributed by atoms with E-state index in [0.29, 0.717) is 35.1 Å². The molecule has 24 heavy (non-hydrogen) atoms. The molecule has 0 saturated heterocycles. The summed E-state index contributed by atoms with van der Waals surface area (Å²) >= 11 is 6.33. The van der Waals surface area contributed by atoms with Crippen molar-refractivity contribution in [2.75, 3.05) is 17.4 Å². The molecule has 3 N–H and O–H groups in total. The molecule has 6 heteroatoms. The number of phenolic OH excluding ortho intramolecular Hbond substituents is 1. The molecule has 5 nitrogen and oxygen atoms in total. The van der Waals surface area contributed by atoms with Crippen LogP contribution in [-0.2, 0) is 14.9 Å². The van der Waals surface area contributed by atoms with Crippen LogP contribution in [0.2, 0.25) is 5.02 Å². The third-order valence-corrected chi connectivity index (χ3v) is 5.23. The van der Waals surface area contributed by atoms with Crippen molar-refractivity contribution in [2.24, 2.45) is 0 Å². The lowest BCUT2D eigenvalue weighted by Crippen LogP contribution is -2.33. The summed E-state index contributed by atoms with van der Waals surface area (Å²) in [6.45, 7) is 4.20. The van der Waals surface area contributed by atoms with E-state index in [4.69, 9.17) is 16.3 Å². The lowest BCUT2D eigenvalue weighted by atomic mass is 9.77. The van der Waals surface area contributed by atoms with Crippen LogP contribution < -0.4 is 10.6 Å². The molecule has 0 radical (unpaired) electrons. The maximum atomic E-state index is 11.8. The van der Waals surface area contributed by atoms with Crippen LogP contribution in [0.3, 0.4) is 0 Å². The number of benzene rings is 1. The van der Waals surface area contributed by atoms with E-state index in [-0.39, 0.29) is 17.8 Å². The molecule has 1 aliphatic carbocycles. The minimum atomic E-state index is -0.479. The van der Waals surface area contributed by atoms with Gasteiger partial charge in [-0.25, -0.2) is 0 Å². The third-order valence-electron chi connectivity index (χ3n) is 4.93. The Bertz CT molecular complexity index is 640. The van der Waals surface area contributed by atoms with Crippen LogP contribution in [0, 0.1) is 0 Å². The van der Waals surface area contributed by atoms with Crippen molar-refractivity contribution in [1.29, 1.82) is 0 Å². The summed E-state index contributed by atoms with van der Waals surface area (Å²) in [6, 6.07) is 1.64. The average molecular weight is 353 g/mol. The highest BCUT2D eigenvalue weighted by Crippen LogP contribution is 2.49. The van der Waals surface area contributed by atoms with Gasteiger partial charge in [0, 0.05) is 17.4 Å². The number of amides is 1. The molecular weight excluding hydrogens is 328 g/mol. The van der Waals surface area contributed by atoms with Gasteiger partial charge >= 0.3 is 0 Å².